The summed E-state index contributed by atoms with van der Waals surface area (Å²) in [6, 6.07) is 2.82. The number of aromatic nitrogens is 1. The second kappa shape index (κ2) is 10.4. The van der Waals surface area contributed by atoms with Gasteiger partial charge in [0.15, 0.2) is 0 Å². The highest BCUT2D eigenvalue weighted by Crippen LogP contribution is 2.33. The van der Waals surface area contributed by atoms with Gasteiger partial charge < -0.3 is 18.8 Å². The smallest absolute Gasteiger partial charge is 0.416 e. The number of oxazole rings is 1. The Balaban J connectivity index is 2.01. The molecule has 7 nitrogen and oxygen atoms in total. The fraction of sp³-hybridized carbons (Fsp3) is 0.583. The van der Waals surface area contributed by atoms with Crippen molar-refractivity contribution in [2.24, 2.45) is 4.99 Å². The topological polar surface area (TPSA) is 69.2 Å². The van der Waals surface area contributed by atoms with Crippen LogP contribution in [0.3, 0.4) is 0 Å². The first kappa shape index (κ1) is 26.0. The normalized spacial score (nSPS) is 17.6. The number of alkyl halides is 3. The van der Waals surface area contributed by atoms with Gasteiger partial charge in [0.1, 0.15) is 18.1 Å². The van der Waals surface area contributed by atoms with Crippen LogP contribution in [0.4, 0.5) is 13.2 Å². The number of rotatable bonds is 7. The van der Waals surface area contributed by atoms with Crippen LogP contribution in [-0.2, 0) is 22.9 Å². The predicted molar refractivity (Wildman–Crippen MR) is 120 cm³/mol. The molecule has 1 aliphatic rings. The molecule has 1 amide bonds. The van der Waals surface area contributed by atoms with E-state index >= 15 is 0 Å². The minimum absolute atomic E-state index is 0.0158. The van der Waals surface area contributed by atoms with Gasteiger partial charge >= 0.3 is 11.9 Å². The van der Waals surface area contributed by atoms with Gasteiger partial charge in [-0.3, -0.25) is 9.36 Å². The molecule has 1 aliphatic heterocycles. The second-order valence-corrected chi connectivity index (χ2v) is 9.69. The van der Waals surface area contributed by atoms with E-state index in [4.69, 9.17) is 13.9 Å². The molecule has 0 saturated carbocycles. The van der Waals surface area contributed by atoms with Gasteiger partial charge in [0.2, 0.25) is 0 Å². The molecule has 0 N–H and O–H groups in total. The Bertz CT molecular complexity index is 1060. The maximum atomic E-state index is 13.3. The van der Waals surface area contributed by atoms with Crippen molar-refractivity contribution in [3.63, 3.8) is 0 Å². The quantitative estimate of drug-likeness (QED) is 0.589. The zero-order valence-corrected chi connectivity index (χ0v) is 20.2. The Labute approximate surface area is 197 Å². The van der Waals surface area contributed by atoms with Crippen molar-refractivity contribution in [1.82, 2.24) is 9.47 Å². The highest BCUT2D eigenvalue weighted by molar-refractivity contribution is 5.97. The molecule has 0 spiro atoms. The van der Waals surface area contributed by atoms with E-state index in [0.29, 0.717) is 25.5 Å². The van der Waals surface area contributed by atoms with Crippen LogP contribution in [-0.4, -0.2) is 55.3 Å². The number of hydrogen-bond donors (Lipinski definition) is 0. The number of carbonyl (C=O) groups is 1. The maximum Gasteiger partial charge on any atom is 0.416 e. The van der Waals surface area contributed by atoms with Crippen molar-refractivity contribution in [3.8, 4) is 5.75 Å². The lowest BCUT2D eigenvalue weighted by molar-refractivity contribution is -0.137. The summed E-state index contributed by atoms with van der Waals surface area (Å²) in [4.78, 5) is 19.1. The molecule has 0 radical (unpaired) electrons. The van der Waals surface area contributed by atoms with Gasteiger partial charge in [-0.2, -0.15) is 18.2 Å². The number of amides is 1. The zero-order chi connectivity index (χ0) is 25.1. The molecule has 1 atom stereocenters. The van der Waals surface area contributed by atoms with Crippen molar-refractivity contribution in [2.75, 3.05) is 33.9 Å². The summed E-state index contributed by atoms with van der Waals surface area (Å²) in [6.07, 6.45) is -1.07. The summed E-state index contributed by atoms with van der Waals surface area (Å²) in [7, 11) is 3.68. The molecular weight excluding hydrogens is 451 g/mol. The Morgan fingerprint density at radius 3 is 2.59 bits per heavy atom. The fourth-order valence-electron chi connectivity index (χ4n) is 3.44. The number of ether oxygens (including phenoxy) is 2. The highest BCUT2D eigenvalue weighted by Gasteiger charge is 2.32. The molecule has 10 heteroatoms. The maximum absolute atomic E-state index is 13.3. The largest absolute Gasteiger partial charge is 0.491 e. The minimum Gasteiger partial charge on any atom is -0.491 e. The lowest BCUT2D eigenvalue weighted by Gasteiger charge is -2.14. The third kappa shape index (κ3) is 6.73. The van der Waals surface area contributed by atoms with Crippen molar-refractivity contribution in [2.45, 2.75) is 57.9 Å². The van der Waals surface area contributed by atoms with Gasteiger partial charge in [-0.1, -0.05) is 20.8 Å². The predicted octanol–water partition coefficient (Wildman–Crippen LogP) is 4.26. The summed E-state index contributed by atoms with van der Waals surface area (Å²) in [6.45, 7) is 7.69. The summed E-state index contributed by atoms with van der Waals surface area (Å²) in [5.41, 5.74) is -1.56. The van der Waals surface area contributed by atoms with Crippen molar-refractivity contribution >= 4 is 5.91 Å². The highest BCUT2D eigenvalue weighted by atomic mass is 19.4. The van der Waals surface area contributed by atoms with E-state index in [1.165, 1.54) is 0 Å². The SMILES string of the molecule is CN(C)CCOc1ccc(C(F)(F)F)cc1C(=O)/N=c1\oc(C(C)(C)C)cn1C[C@H]1CCCO1. The Morgan fingerprint density at radius 2 is 2.00 bits per heavy atom. The summed E-state index contributed by atoms with van der Waals surface area (Å²) < 4.78 is 58.9. The molecular formula is C24H32F3N3O4. The van der Waals surface area contributed by atoms with E-state index in [-0.39, 0.29) is 35.1 Å². The summed E-state index contributed by atoms with van der Waals surface area (Å²) in [5, 5.41) is 0. The molecule has 0 bridgehead atoms. The standard InChI is InChI=1S/C24H32F3N3O4/c1-23(2,3)20-15-30(14-17-7-6-11-32-17)22(34-20)28-21(31)18-13-16(24(25,26)27)8-9-19(18)33-12-10-29(4)5/h8-9,13,15,17H,6-7,10-12,14H2,1-5H3/b28-22-/t17-/m1/s1. The molecule has 1 aromatic heterocycles. The van der Waals surface area contributed by atoms with Gasteiger partial charge in [-0.15, -0.1) is 0 Å². The second-order valence-electron chi connectivity index (χ2n) is 9.69. The number of likely N-dealkylation sites (N-methyl/N-ethyl adjacent to an activating group) is 1. The molecule has 3 rings (SSSR count). The Morgan fingerprint density at radius 1 is 1.26 bits per heavy atom. The first-order valence-electron chi connectivity index (χ1n) is 11.2. The molecule has 1 fully saturated rings. The molecule has 2 heterocycles. The van der Waals surface area contributed by atoms with Gasteiger partial charge in [0.05, 0.1) is 23.8 Å². The zero-order valence-electron chi connectivity index (χ0n) is 20.2. The lowest BCUT2D eigenvalue weighted by Crippen LogP contribution is -2.24. The van der Waals surface area contributed by atoms with Crippen LogP contribution in [0.15, 0.2) is 33.8 Å². The molecule has 2 aromatic rings. The van der Waals surface area contributed by atoms with Gasteiger partial charge in [-0.25, -0.2) is 0 Å². The van der Waals surface area contributed by atoms with E-state index in [0.717, 1.165) is 31.0 Å². The van der Waals surface area contributed by atoms with E-state index in [9.17, 15) is 18.0 Å². The van der Waals surface area contributed by atoms with Crippen molar-refractivity contribution in [3.05, 3.63) is 47.0 Å². The summed E-state index contributed by atoms with van der Waals surface area (Å²) in [5.74, 6) is -0.234. The monoisotopic (exact) mass is 483 g/mol. The molecule has 1 aromatic carbocycles. The molecule has 34 heavy (non-hydrogen) atoms. The first-order valence-corrected chi connectivity index (χ1v) is 11.2. The van der Waals surface area contributed by atoms with E-state index in [1.807, 2.05) is 39.8 Å². The third-order valence-electron chi connectivity index (χ3n) is 5.41. The number of benzene rings is 1. The van der Waals surface area contributed by atoms with Crippen LogP contribution < -0.4 is 10.4 Å². The molecule has 0 unspecified atom stereocenters. The number of halogens is 3. The van der Waals surface area contributed by atoms with Crippen LogP contribution in [0.2, 0.25) is 0 Å². The van der Waals surface area contributed by atoms with Crippen LogP contribution in [0.5, 0.6) is 5.75 Å². The minimum atomic E-state index is -4.61. The molecule has 1 saturated heterocycles. The Kier molecular flexibility index (Phi) is 7.92. The number of hydrogen-bond acceptors (Lipinski definition) is 5. The fourth-order valence-corrected chi connectivity index (χ4v) is 3.44. The molecule has 0 aliphatic carbocycles. The van der Waals surface area contributed by atoms with Crippen LogP contribution in [0, 0.1) is 0 Å². The lowest BCUT2D eigenvalue weighted by atomic mass is 9.94. The van der Waals surface area contributed by atoms with Gasteiger partial charge in [-0.05, 0) is 45.1 Å². The Hall–Kier alpha value is -2.59. The first-order chi connectivity index (χ1) is 15.8. The summed E-state index contributed by atoms with van der Waals surface area (Å²) >= 11 is 0. The number of nitrogens with zero attached hydrogens (tertiary/aromatic N) is 3. The van der Waals surface area contributed by atoms with Crippen LogP contribution in [0.25, 0.3) is 0 Å². The third-order valence-corrected chi connectivity index (χ3v) is 5.41. The van der Waals surface area contributed by atoms with Crippen LogP contribution >= 0.6 is 0 Å². The van der Waals surface area contributed by atoms with Crippen LogP contribution in [0.1, 0.15) is 55.3 Å². The van der Waals surface area contributed by atoms with Crippen molar-refractivity contribution < 1.29 is 31.9 Å². The van der Waals surface area contributed by atoms with E-state index in [1.54, 1.807) is 10.8 Å². The molecule has 188 valence electrons. The van der Waals surface area contributed by atoms with Crippen molar-refractivity contribution in [1.29, 1.82) is 0 Å². The van der Waals surface area contributed by atoms with E-state index < -0.39 is 17.6 Å². The van der Waals surface area contributed by atoms with E-state index in [2.05, 4.69) is 4.99 Å². The number of carbonyl (C=O) groups excluding carboxylic acids is 1. The van der Waals surface area contributed by atoms with Gasteiger partial charge in [0, 0.05) is 24.8 Å². The average Bonchev–Trinajstić information content (AvgIpc) is 3.37. The van der Waals surface area contributed by atoms with Gasteiger partial charge in [0.25, 0.3) is 5.91 Å². The average molecular weight is 484 g/mol.